The van der Waals surface area contributed by atoms with Crippen LogP contribution in [-0.2, 0) is 0 Å². The second kappa shape index (κ2) is 5.22. The molecule has 0 aliphatic rings. The summed E-state index contributed by atoms with van der Waals surface area (Å²) in [6.45, 7) is 3.79. The topological polar surface area (TPSA) is 36.2 Å². The van der Waals surface area contributed by atoms with Gasteiger partial charge >= 0.3 is 0 Å². The Bertz CT molecular complexity index is 134. The van der Waals surface area contributed by atoms with Gasteiger partial charge in [0.2, 0.25) is 0 Å². The van der Waals surface area contributed by atoms with Gasteiger partial charge in [0.05, 0.1) is 0 Å². The van der Waals surface area contributed by atoms with Gasteiger partial charge in [-0.25, -0.2) is 0 Å². The molecular weight excluding hydrogens is 112 g/mol. The Morgan fingerprint density at radius 1 is 1.67 bits per heavy atom. The average molecular weight is 124 g/mol. The first-order chi connectivity index (χ1) is 4.31. The van der Waals surface area contributed by atoms with Crippen LogP contribution in [0.3, 0.4) is 0 Å². The maximum absolute atomic E-state index is 7.16. The van der Waals surface area contributed by atoms with Gasteiger partial charge in [-0.2, -0.15) is 0 Å². The summed E-state index contributed by atoms with van der Waals surface area (Å²) in [5.41, 5.74) is 0.612. The van der Waals surface area contributed by atoms with Crippen molar-refractivity contribution in [2.24, 2.45) is 4.99 Å². The highest BCUT2D eigenvalue weighted by molar-refractivity contribution is 5.91. The van der Waals surface area contributed by atoms with E-state index in [1.165, 1.54) is 0 Å². The van der Waals surface area contributed by atoms with Crippen molar-refractivity contribution < 1.29 is 0 Å². The number of aliphatic imine (C=N–C) groups is 1. The molecule has 50 valence electrons. The zero-order valence-electron chi connectivity index (χ0n) is 5.89. The number of hydrogen-bond donors (Lipinski definition) is 1. The number of nitrogens with zero attached hydrogens (tertiary/aromatic N) is 1. The highest BCUT2D eigenvalue weighted by Gasteiger charge is 1.79. The molecular formula is C7H12N2. The Labute approximate surface area is 55.8 Å². The van der Waals surface area contributed by atoms with Crippen molar-refractivity contribution >= 4 is 11.9 Å². The molecule has 0 radical (unpaired) electrons. The summed E-state index contributed by atoms with van der Waals surface area (Å²) < 4.78 is 0. The highest BCUT2D eigenvalue weighted by Crippen LogP contribution is 1.83. The molecule has 2 heteroatoms. The summed E-state index contributed by atoms with van der Waals surface area (Å²) in [6.07, 6.45) is 5.79. The van der Waals surface area contributed by atoms with Crippen LogP contribution in [0, 0.1) is 5.41 Å². The molecule has 2 nitrogen and oxygen atoms in total. The number of nitrogens with one attached hydrogen (secondary N) is 1. The zero-order chi connectivity index (χ0) is 7.11. The van der Waals surface area contributed by atoms with Crippen LogP contribution in [0.4, 0.5) is 0 Å². The molecule has 0 aliphatic carbocycles. The van der Waals surface area contributed by atoms with Crippen LogP contribution < -0.4 is 0 Å². The molecule has 0 atom stereocenters. The average Bonchev–Trinajstić information content (AvgIpc) is 1.89. The molecule has 9 heavy (non-hydrogen) atoms. The van der Waals surface area contributed by atoms with Crippen LogP contribution in [-0.4, -0.2) is 11.9 Å². The monoisotopic (exact) mass is 124 g/mol. The van der Waals surface area contributed by atoms with E-state index in [-0.39, 0.29) is 0 Å². The summed E-state index contributed by atoms with van der Waals surface area (Å²) in [5, 5.41) is 7.16. The third-order valence-corrected chi connectivity index (χ3v) is 0.892. The molecule has 0 bridgehead atoms. The molecule has 0 spiro atoms. The predicted molar refractivity (Wildman–Crippen MR) is 41.3 cm³/mol. The van der Waals surface area contributed by atoms with Crippen molar-refractivity contribution in [1.29, 1.82) is 5.41 Å². The standard InChI is InChI=1S/C7H12N2/c1-3-7(8)5-6-9-4-2/h4-6,8H,3H2,1-2H3/b6-5-,8-7?,9-4?. The van der Waals surface area contributed by atoms with Crippen molar-refractivity contribution in [2.45, 2.75) is 20.3 Å². The van der Waals surface area contributed by atoms with Gasteiger partial charge in [0.15, 0.2) is 0 Å². The van der Waals surface area contributed by atoms with Gasteiger partial charge in [0, 0.05) is 18.1 Å². The Balaban J connectivity index is 3.57. The molecule has 0 aromatic carbocycles. The van der Waals surface area contributed by atoms with Crippen molar-refractivity contribution in [2.75, 3.05) is 0 Å². The van der Waals surface area contributed by atoms with E-state index in [9.17, 15) is 0 Å². The van der Waals surface area contributed by atoms with E-state index in [2.05, 4.69) is 4.99 Å². The van der Waals surface area contributed by atoms with Gasteiger partial charge in [-0.3, -0.25) is 4.99 Å². The maximum Gasteiger partial charge on any atom is 0.0326 e. The second-order valence-electron chi connectivity index (χ2n) is 1.60. The van der Waals surface area contributed by atoms with E-state index in [0.717, 1.165) is 6.42 Å². The fraction of sp³-hybridized carbons (Fsp3) is 0.429. The maximum atomic E-state index is 7.16. The van der Waals surface area contributed by atoms with Crippen molar-refractivity contribution in [3.8, 4) is 0 Å². The van der Waals surface area contributed by atoms with Gasteiger partial charge in [-0.05, 0) is 19.4 Å². The van der Waals surface area contributed by atoms with Crippen molar-refractivity contribution in [3.63, 3.8) is 0 Å². The molecule has 0 aliphatic heterocycles. The third-order valence-electron chi connectivity index (χ3n) is 0.892. The molecule has 0 unspecified atom stereocenters. The number of rotatable bonds is 3. The SMILES string of the molecule is CC=N/C=C\C(=N)CC. The molecule has 0 aromatic rings. The quantitative estimate of drug-likeness (QED) is 0.559. The summed E-state index contributed by atoms with van der Waals surface area (Å²) in [5.74, 6) is 0. The van der Waals surface area contributed by atoms with E-state index in [0.29, 0.717) is 5.71 Å². The van der Waals surface area contributed by atoms with Crippen LogP contribution in [0.15, 0.2) is 17.3 Å². The van der Waals surface area contributed by atoms with Gasteiger partial charge in [0.25, 0.3) is 0 Å². The summed E-state index contributed by atoms with van der Waals surface area (Å²) in [4.78, 5) is 3.81. The smallest absolute Gasteiger partial charge is 0.0326 e. The second-order valence-corrected chi connectivity index (χ2v) is 1.60. The zero-order valence-corrected chi connectivity index (χ0v) is 5.89. The normalized spacial score (nSPS) is 11.3. The van der Waals surface area contributed by atoms with Crippen molar-refractivity contribution in [3.05, 3.63) is 12.3 Å². The number of hydrogen-bond acceptors (Lipinski definition) is 2. The fourth-order valence-corrected chi connectivity index (χ4v) is 0.337. The lowest BCUT2D eigenvalue weighted by molar-refractivity contribution is 1.25. The molecule has 0 heterocycles. The van der Waals surface area contributed by atoms with Gasteiger partial charge in [0.1, 0.15) is 0 Å². The number of allylic oxidation sites excluding steroid dienone is 1. The minimum absolute atomic E-state index is 0.612. The predicted octanol–water partition coefficient (Wildman–Crippen LogP) is 2.02. The molecule has 0 saturated heterocycles. The lowest BCUT2D eigenvalue weighted by Gasteiger charge is -1.84. The van der Waals surface area contributed by atoms with Crippen LogP contribution >= 0.6 is 0 Å². The van der Waals surface area contributed by atoms with E-state index >= 15 is 0 Å². The van der Waals surface area contributed by atoms with Gasteiger partial charge in [-0.15, -0.1) is 0 Å². The van der Waals surface area contributed by atoms with Crippen molar-refractivity contribution in [1.82, 2.24) is 0 Å². The van der Waals surface area contributed by atoms with Gasteiger partial charge < -0.3 is 5.41 Å². The molecule has 0 fully saturated rings. The molecule has 0 rings (SSSR count). The first kappa shape index (κ1) is 8.08. The lowest BCUT2D eigenvalue weighted by atomic mass is 10.3. The fourth-order valence-electron chi connectivity index (χ4n) is 0.337. The first-order valence-corrected chi connectivity index (χ1v) is 3.03. The Morgan fingerprint density at radius 3 is 2.78 bits per heavy atom. The van der Waals surface area contributed by atoms with Crippen LogP contribution in [0.2, 0.25) is 0 Å². The lowest BCUT2D eigenvalue weighted by Crippen LogP contribution is -1.83. The molecule has 1 N–H and O–H groups in total. The summed E-state index contributed by atoms with van der Waals surface area (Å²) in [7, 11) is 0. The molecule has 0 saturated carbocycles. The van der Waals surface area contributed by atoms with E-state index < -0.39 is 0 Å². The molecule has 0 aromatic heterocycles. The van der Waals surface area contributed by atoms with Crippen LogP contribution in [0.25, 0.3) is 0 Å². The first-order valence-electron chi connectivity index (χ1n) is 3.03. The molecule has 0 amide bonds. The largest absolute Gasteiger partial charge is 0.305 e. The highest BCUT2D eigenvalue weighted by atomic mass is 14.7. The Morgan fingerprint density at radius 2 is 2.33 bits per heavy atom. The summed E-state index contributed by atoms with van der Waals surface area (Å²) >= 11 is 0. The van der Waals surface area contributed by atoms with E-state index in [1.807, 2.05) is 13.8 Å². The van der Waals surface area contributed by atoms with Gasteiger partial charge in [-0.1, -0.05) is 6.92 Å². The minimum atomic E-state index is 0.612. The van der Waals surface area contributed by atoms with E-state index in [1.54, 1.807) is 18.5 Å². The van der Waals surface area contributed by atoms with Crippen LogP contribution in [0.1, 0.15) is 20.3 Å². The van der Waals surface area contributed by atoms with E-state index in [4.69, 9.17) is 5.41 Å². The summed E-state index contributed by atoms with van der Waals surface area (Å²) in [6, 6.07) is 0. The van der Waals surface area contributed by atoms with Crippen LogP contribution in [0.5, 0.6) is 0 Å². The Kier molecular flexibility index (Phi) is 4.69. The Hall–Kier alpha value is -0.920. The third kappa shape index (κ3) is 4.94. The minimum Gasteiger partial charge on any atom is -0.305 e.